The molecule has 5 aliphatic rings. The maximum absolute atomic E-state index is 14.8. The first-order valence-electron chi connectivity index (χ1n) is 18.6. The number of hydrogen-bond acceptors (Lipinski definition) is 8. The zero-order valence-corrected chi connectivity index (χ0v) is 32.2. The van der Waals surface area contributed by atoms with E-state index >= 15 is 0 Å². The van der Waals surface area contributed by atoms with Gasteiger partial charge in [0.05, 0.1) is 22.5 Å². The molecule has 2 aromatic rings. The number of rotatable bonds is 5. The Bertz CT molecular complexity index is 2020. The van der Waals surface area contributed by atoms with Gasteiger partial charge in [0.15, 0.2) is 0 Å². The molecule has 53 heavy (non-hydrogen) atoms. The maximum atomic E-state index is 14.8. The Labute approximate surface area is 314 Å². The topological polar surface area (TPSA) is 175 Å². The second-order valence-electron chi connectivity index (χ2n) is 16.2. The number of sulfonamides is 1. The second kappa shape index (κ2) is 13.4. The van der Waals surface area contributed by atoms with E-state index in [1.165, 1.54) is 4.90 Å². The van der Waals surface area contributed by atoms with Crippen molar-refractivity contribution >= 4 is 56.3 Å². The average molecular weight is 770 g/mol. The summed E-state index contributed by atoms with van der Waals surface area (Å²) in [6, 6.07) is 2.81. The molecule has 0 radical (unpaired) electrons. The van der Waals surface area contributed by atoms with Gasteiger partial charge >= 0.3 is 6.09 Å². The number of aryl methyl sites for hydroxylation is 2. The van der Waals surface area contributed by atoms with Gasteiger partial charge in [-0.2, -0.15) is 0 Å². The van der Waals surface area contributed by atoms with E-state index in [1.54, 1.807) is 32.9 Å². The number of amides is 4. The molecule has 4 amide bonds. The molecule has 2 aliphatic carbocycles. The summed E-state index contributed by atoms with van der Waals surface area (Å²) in [6.07, 6.45) is 7.82. The highest BCUT2D eigenvalue weighted by atomic mass is 35.5. The zero-order chi connectivity index (χ0) is 38.1. The van der Waals surface area contributed by atoms with Crippen molar-refractivity contribution in [1.82, 2.24) is 24.8 Å². The van der Waals surface area contributed by atoms with Crippen LogP contribution < -0.4 is 14.8 Å². The Morgan fingerprint density at radius 1 is 1.15 bits per heavy atom. The molecule has 4 heterocycles. The van der Waals surface area contributed by atoms with Gasteiger partial charge in [0.25, 0.3) is 5.91 Å². The van der Waals surface area contributed by atoms with Crippen LogP contribution in [-0.4, -0.2) is 92.7 Å². The van der Waals surface area contributed by atoms with Gasteiger partial charge in [-0.15, -0.1) is 0 Å². The normalized spacial score (nSPS) is 30.2. The number of nitrogens with zero attached hydrogens (tertiary/aromatic N) is 3. The van der Waals surface area contributed by atoms with E-state index in [2.05, 4.69) is 10.0 Å². The summed E-state index contributed by atoms with van der Waals surface area (Å²) < 4.78 is 34.4. The molecule has 1 saturated heterocycles. The molecule has 5 atom stereocenters. The van der Waals surface area contributed by atoms with Crippen LogP contribution in [0.4, 0.5) is 4.79 Å². The van der Waals surface area contributed by atoms with Crippen LogP contribution in [0.5, 0.6) is 5.75 Å². The SMILES string of the molecule is Cc1nc2cc(Cl)ccc2c2c1O[C@]1(CC2)C[C@H]2C(=O)N[C@]3(C(=O)NS(=O)(=O)C4(C)CC4)C[C@H]3/C=C\CCCCC[C@H](N(C(=O)O)C(C)C)C(=O)N2C1. The first-order chi connectivity index (χ1) is 25.0. The van der Waals surface area contributed by atoms with Crippen LogP contribution >= 0.6 is 11.6 Å². The number of hydrogen-bond donors (Lipinski definition) is 3. The van der Waals surface area contributed by atoms with Crippen LogP contribution in [0.2, 0.25) is 5.02 Å². The molecular formula is C38H48ClN5O8S. The predicted octanol–water partition coefficient (Wildman–Crippen LogP) is 5.01. The first-order valence-corrected chi connectivity index (χ1v) is 20.5. The van der Waals surface area contributed by atoms with E-state index < -0.39 is 73.8 Å². The van der Waals surface area contributed by atoms with E-state index in [9.17, 15) is 32.7 Å². The molecule has 2 saturated carbocycles. The quantitative estimate of drug-likeness (QED) is 0.353. The van der Waals surface area contributed by atoms with Crippen molar-refractivity contribution in [2.75, 3.05) is 6.54 Å². The lowest BCUT2D eigenvalue weighted by Gasteiger charge is -2.38. The van der Waals surface area contributed by atoms with Crippen molar-refractivity contribution in [2.45, 2.75) is 132 Å². The number of carbonyl (C=O) groups is 4. The third-order valence-corrected chi connectivity index (χ3v) is 14.4. The van der Waals surface area contributed by atoms with Crippen molar-refractivity contribution in [3.8, 4) is 5.75 Å². The first kappa shape index (κ1) is 37.4. The van der Waals surface area contributed by atoms with Gasteiger partial charge in [0, 0.05) is 34.4 Å². The molecule has 3 N–H and O–H groups in total. The van der Waals surface area contributed by atoms with Crippen molar-refractivity contribution < 1.29 is 37.4 Å². The predicted molar refractivity (Wildman–Crippen MR) is 198 cm³/mol. The van der Waals surface area contributed by atoms with E-state index in [0.29, 0.717) is 55.0 Å². The zero-order valence-electron chi connectivity index (χ0n) is 30.6. The number of allylic oxidation sites excluding steroid dienone is 1. The minimum atomic E-state index is -4.00. The minimum Gasteiger partial charge on any atom is -0.483 e. The van der Waals surface area contributed by atoms with E-state index in [1.807, 2.05) is 25.1 Å². The minimum absolute atomic E-state index is 0.0127. The van der Waals surface area contributed by atoms with Crippen LogP contribution in [0.3, 0.4) is 0 Å². The van der Waals surface area contributed by atoms with Gasteiger partial charge in [0.1, 0.15) is 29.0 Å². The second-order valence-corrected chi connectivity index (χ2v) is 18.8. The van der Waals surface area contributed by atoms with Crippen molar-refractivity contribution in [1.29, 1.82) is 0 Å². The molecule has 3 aliphatic heterocycles. The fourth-order valence-corrected chi connectivity index (χ4v) is 9.97. The van der Waals surface area contributed by atoms with Crippen molar-refractivity contribution in [2.24, 2.45) is 5.92 Å². The summed E-state index contributed by atoms with van der Waals surface area (Å²) in [5, 5.41) is 14.7. The lowest BCUT2D eigenvalue weighted by molar-refractivity contribution is -0.144. The van der Waals surface area contributed by atoms with Crippen LogP contribution in [0, 0.1) is 12.8 Å². The number of halogens is 1. The van der Waals surface area contributed by atoms with Crippen LogP contribution in [0.15, 0.2) is 30.4 Å². The summed E-state index contributed by atoms with van der Waals surface area (Å²) in [5.74, 6) is -1.78. The van der Waals surface area contributed by atoms with Gasteiger partial charge in [0.2, 0.25) is 21.8 Å². The summed E-state index contributed by atoms with van der Waals surface area (Å²) in [4.78, 5) is 63.3. The fraction of sp³-hybridized carbons (Fsp3) is 0.605. The molecule has 13 nitrogen and oxygen atoms in total. The fourth-order valence-electron chi connectivity index (χ4n) is 8.49. The molecule has 1 aromatic carbocycles. The number of nitrogens with one attached hydrogen (secondary N) is 2. The number of aromatic nitrogens is 1. The summed E-state index contributed by atoms with van der Waals surface area (Å²) in [5.41, 5.74) is -0.208. The number of carboxylic acid groups (broad SMARTS) is 1. The maximum Gasteiger partial charge on any atom is 0.408 e. The standard InChI is InChI=1S/C38H48ClN5O8S/c1-22(2)44(35(48)49)29-11-9-7-5-6-8-10-24-19-38(24,34(47)42-53(50,51)36(4)16-17-36)41-32(45)30-20-37(21-43(30)33(29)46)15-14-27-26-13-12-25(39)18-28(26)40-23(3)31(27)52-37/h8,10,12-13,18,22,24,29-30H,5-7,9,11,14-17,19-21H2,1-4H3,(H,41,45)(H,42,47)(H,48,49)/b10-8-/t24-,29+,30+,37-,38-/m1/s1. The van der Waals surface area contributed by atoms with Crippen LogP contribution in [0.25, 0.3) is 10.9 Å². The van der Waals surface area contributed by atoms with Gasteiger partial charge in [-0.25, -0.2) is 18.2 Å². The third-order valence-electron chi connectivity index (χ3n) is 12.0. The van der Waals surface area contributed by atoms with Crippen molar-refractivity contribution in [3.05, 3.63) is 46.6 Å². The summed E-state index contributed by atoms with van der Waals surface area (Å²) in [6.45, 7) is 6.88. The monoisotopic (exact) mass is 769 g/mol. The molecule has 286 valence electrons. The van der Waals surface area contributed by atoms with Crippen molar-refractivity contribution in [3.63, 3.8) is 0 Å². The molecule has 15 heteroatoms. The summed E-state index contributed by atoms with van der Waals surface area (Å²) in [7, 11) is -4.00. The van der Waals surface area contributed by atoms with E-state index in [0.717, 1.165) is 34.2 Å². The molecule has 0 unspecified atom stereocenters. The van der Waals surface area contributed by atoms with Gasteiger partial charge in [-0.3, -0.25) is 24.0 Å². The Morgan fingerprint density at radius 3 is 2.60 bits per heavy atom. The smallest absolute Gasteiger partial charge is 0.408 e. The van der Waals surface area contributed by atoms with Gasteiger partial charge in [-0.05, 0) is 91.2 Å². The van der Waals surface area contributed by atoms with E-state index in [-0.39, 0.29) is 25.8 Å². The molecular weight excluding hydrogens is 722 g/mol. The number of ether oxygens (including phenoxy) is 1. The largest absolute Gasteiger partial charge is 0.483 e. The number of benzene rings is 1. The molecule has 0 bridgehead atoms. The Kier molecular flexibility index (Phi) is 9.48. The Hall–Kier alpha value is -3.91. The van der Waals surface area contributed by atoms with Gasteiger partial charge in [-0.1, -0.05) is 42.7 Å². The highest BCUT2D eigenvalue weighted by molar-refractivity contribution is 7.91. The number of carbonyl (C=O) groups excluding carboxylic acids is 3. The molecule has 1 spiro atoms. The average Bonchev–Trinajstić information content (AvgIpc) is 3.98. The Morgan fingerprint density at radius 2 is 1.91 bits per heavy atom. The highest BCUT2D eigenvalue weighted by Gasteiger charge is 2.64. The molecule has 7 rings (SSSR count). The lowest BCUT2D eigenvalue weighted by atomic mass is 9.87. The Balaban J connectivity index is 1.26. The molecule has 1 aromatic heterocycles. The number of pyridine rings is 1. The van der Waals surface area contributed by atoms with Crippen LogP contribution in [-0.2, 0) is 30.8 Å². The lowest BCUT2D eigenvalue weighted by Crippen LogP contribution is -2.59. The van der Waals surface area contributed by atoms with E-state index in [4.69, 9.17) is 21.3 Å². The summed E-state index contributed by atoms with van der Waals surface area (Å²) >= 11 is 6.27. The van der Waals surface area contributed by atoms with Crippen LogP contribution in [0.1, 0.15) is 96.2 Å². The third kappa shape index (κ3) is 6.74. The molecule has 3 fully saturated rings. The van der Waals surface area contributed by atoms with Gasteiger partial charge < -0.3 is 20.1 Å². The number of fused-ring (bicyclic) bond motifs is 5. The highest BCUT2D eigenvalue weighted by Crippen LogP contribution is 2.49.